The molecule has 5 N–H and O–H groups in total. The topological polar surface area (TPSA) is 127 Å². The third kappa shape index (κ3) is 7.54. The molecule has 0 fully saturated rings. The largest absolute Gasteiger partial charge is 0.491 e. The predicted octanol–water partition coefficient (Wildman–Crippen LogP) is 6.58. The minimum absolute atomic E-state index is 0.0684. The van der Waals surface area contributed by atoms with Crippen molar-refractivity contribution in [3.05, 3.63) is 155 Å². The van der Waals surface area contributed by atoms with Gasteiger partial charge in [-0.2, -0.15) is 0 Å². The number of carbonyl (C=O) groups is 2. The Morgan fingerprint density at radius 1 is 0.870 bits per heavy atom. The number of nitrogen functional groups attached to an aromatic ring is 1. The predicted molar refractivity (Wildman–Crippen MR) is 171 cm³/mol. The van der Waals surface area contributed by atoms with E-state index < -0.39 is 41.5 Å². The Hall–Kier alpha value is -5.61. The molecule has 0 aliphatic rings. The number of carbonyl (C=O) groups excluding carboxylic acids is 2. The molecule has 0 aliphatic heterocycles. The van der Waals surface area contributed by atoms with Crippen molar-refractivity contribution >= 4 is 23.2 Å². The van der Waals surface area contributed by atoms with Crippen LogP contribution in [-0.4, -0.2) is 28.4 Å². The molecule has 10 heteroatoms. The average molecular weight is 623 g/mol. The van der Waals surface area contributed by atoms with E-state index in [-0.39, 0.29) is 29.2 Å². The first-order valence-electron chi connectivity index (χ1n) is 14.5. The fraction of sp³-hybridized carbons (Fsp3) is 0.139. The van der Waals surface area contributed by atoms with Gasteiger partial charge >= 0.3 is 0 Å². The lowest BCUT2D eigenvalue weighted by molar-refractivity contribution is 0.0748. The van der Waals surface area contributed by atoms with Gasteiger partial charge in [-0.15, -0.1) is 0 Å². The van der Waals surface area contributed by atoms with Gasteiger partial charge in [-0.3, -0.25) is 9.59 Å². The molecule has 1 amide bonds. The summed E-state index contributed by atoms with van der Waals surface area (Å²) in [6.45, 7) is 1.74. The first-order valence-corrected chi connectivity index (χ1v) is 14.5. The summed E-state index contributed by atoms with van der Waals surface area (Å²) in [5.74, 6) is -2.29. The van der Waals surface area contributed by atoms with Gasteiger partial charge in [0.15, 0.2) is 17.4 Å². The quantitative estimate of drug-likeness (QED) is 0.0915. The van der Waals surface area contributed by atoms with Crippen LogP contribution in [-0.2, 0) is 0 Å². The number of hydrogen-bond acceptors (Lipinski definition) is 7. The second-order valence-electron chi connectivity index (χ2n) is 10.6. The molecule has 3 atom stereocenters. The highest BCUT2D eigenvalue weighted by Crippen LogP contribution is 2.30. The van der Waals surface area contributed by atoms with Gasteiger partial charge in [0.1, 0.15) is 24.3 Å². The van der Waals surface area contributed by atoms with Gasteiger partial charge in [0.05, 0.1) is 17.6 Å². The monoisotopic (exact) mass is 622 g/mol. The molecule has 1 heterocycles. The number of ketones is 1. The van der Waals surface area contributed by atoms with E-state index in [1.165, 1.54) is 18.3 Å². The van der Waals surface area contributed by atoms with Crippen LogP contribution in [0.25, 0.3) is 0 Å². The van der Waals surface area contributed by atoms with Crippen molar-refractivity contribution in [3.8, 4) is 5.75 Å². The van der Waals surface area contributed by atoms with Gasteiger partial charge in [-0.25, -0.2) is 13.8 Å². The molecule has 0 spiro atoms. The lowest BCUT2D eigenvalue weighted by Crippen LogP contribution is -2.29. The Bertz CT molecular complexity index is 1820. The van der Waals surface area contributed by atoms with Crippen LogP contribution in [0.3, 0.4) is 0 Å². The molecule has 234 valence electrons. The summed E-state index contributed by atoms with van der Waals surface area (Å²) in [6, 6.07) is 28.1. The van der Waals surface area contributed by atoms with Crippen LogP contribution in [0.5, 0.6) is 5.75 Å². The number of pyridine rings is 1. The Morgan fingerprint density at radius 2 is 1.59 bits per heavy atom. The van der Waals surface area contributed by atoms with Crippen LogP contribution < -0.4 is 21.1 Å². The molecular weight excluding hydrogens is 590 g/mol. The van der Waals surface area contributed by atoms with Crippen molar-refractivity contribution in [2.45, 2.75) is 25.1 Å². The summed E-state index contributed by atoms with van der Waals surface area (Å²) in [7, 11) is 0. The molecule has 0 saturated heterocycles. The summed E-state index contributed by atoms with van der Waals surface area (Å²) < 4.78 is 33.4. The number of Topliss-reactive ketones (excluding diaryl/α,β-unsaturated/α-hetero) is 1. The fourth-order valence-corrected chi connectivity index (χ4v) is 4.88. The highest BCUT2D eigenvalue weighted by atomic mass is 19.2. The molecule has 0 saturated carbocycles. The normalized spacial score (nSPS) is 12.9. The van der Waals surface area contributed by atoms with Gasteiger partial charge in [0, 0.05) is 23.0 Å². The second kappa shape index (κ2) is 14.4. The number of amides is 1. The van der Waals surface area contributed by atoms with Crippen LogP contribution in [0.15, 0.2) is 115 Å². The van der Waals surface area contributed by atoms with Gasteiger partial charge in [0.2, 0.25) is 0 Å². The number of hydrogen-bond donors (Lipinski definition) is 4. The van der Waals surface area contributed by atoms with Crippen molar-refractivity contribution in [2.75, 3.05) is 17.7 Å². The van der Waals surface area contributed by atoms with E-state index in [4.69, 9.17) is 10.5 Å². The summed E-state index contributed by atoms with van der Waals surface area (Å²) >= 11 is 0. The zero-order chi connectivity index (χ0) is 32.6. The van der Waals surface area contributed by atoms with Crippen molar-refractivity contribution < 1.29 is 28.2 Å². The van der Waals surface area contributed by atoms with Crippen molar-refractivity contribution in [2.24, 2.45) is 0 Å². The molecule has 1 unspecified atom stereocenters. The molecule has 0 radical (unpaired) electrons. The van der Waals surface area contributed by atoms with E-state index in [9.17, 15) is 23.5 Å². The van der Waals surface area contributed by atoms with E-state index in [1.807, 2.05) is 30.3 Å². The maximum absolute atomic E-state index is 13.8. The van der Waals surface area contributed by atoms with E-state index in [0.29, 0.717) is 16.9 Å². The lowest BCUT2D eigenvalue weighted by atomic mass is 9.98. The fourth-order valence-electron chi connectivity index (χ4n) is 4.88. The van der Waals surface area contributed by atoms with Gasteiger partial charge in [0.25, 0.3) is 5.91 Å². The van der Waals surface area contributed by atoms with Crippen molar-refractivity contribution in [1.82, 2.24) is 10.3 Å². The highest BCUT2D eigenvalue weighted by Gasteiger charge is 2.23. The maximum Gasteiger partial charge on any atom is 0.255 e. The van der Waals surface area contributed by atoms with E-state index in [0.717, 1.165) is 17.7 Å². The average Bonchev–Trinajstić information content (AvgIpc) is 3.08. The van der Waals surface area contributed by atoms with E-state index >= 15 is 0 Å². The number of halogens is 2. The van der Waals surface area contributed by atoms with Crippen LogP contribution in [0, 0.1) is 11.6 Å². The Morgan fingerprint density at radius 3 is 2.30 bits per heavy atom. The summed E-state index contributed by atoms with van der Waals surface area (Å²) in [5, 5.41) is 17.0. The maximum atomic E-state index is 13.8. The zero-order valence-corrected chi connectivity index (χ0v) is 24.9. The molecule has 8 nitrogen and oxygen atoms in total. The SMILES string of the molecule is C[C@H](NC(=O)c1cccnc1N[C@@H](COc1ccc(N)c(C(O)C(=O)c2ccccc2)c1)c1ccccc1)c1ccc(F)c(F)c1. The second-order valence-corrected chi connectivity index (χ2v) is 10.6. The molecular formula is C36H32F2N4O4. The van der Waals surface area contributed by atoms with Crippen molar-refractivity contribution in [3.63, 3.8) is 0 Å². The Kier molecular flexibility index (Phi) is 9.99. The van der Waals surface area contributed by atoms with Crippen LogP contribution in [0.1, 0.15) is 62.5 Å². The number of anilines is 2. The number of ether oxygens (including phenoxy) is 1. The number of aliphatic hydroxyl groups is 1. The van der Waals surface area contributed by atoms with E-state index in [2.05, 4.69) is 15.6 Å². The van der Waals surface area contributed by atoms with Gasteiger partial charge in [-0.05, 0) is 60.5 Å². The lowest BCUT2D eigenvalue weighted by Gasteiger charge is -2.23. The zero-order valence-electron chi connectivity index (χ0n) is 24.9. The first-order chi connectivity index (χ1) is 22.2. The number of aliphatic hydroxyl groups excluding tert-OH is 1. The molecule has 0 bridgehead atoms. The molecule has 5 aromatic rings. The van der Waals surface area contributed by atoms with E-state index in [1.54, 1.807) is 61.5 Å². The third-order valence-corrected chi connectivity index (χ3v) is 7.43. The standard InChI is InChI=1S/C36H32F2N4O4/c1-22(25-14-16-29(37)30(38)19-25)41-36(45)27-13-8-18-40-35(27)42-32(23-9-4-2-5-10-23)21-46-26-15-17-31(39)28(20-26)34(44)33(43)24-11-6-3-7-12-24/h2-20,22,32,34,44H,21,39H2,1H3,(H,40,42)(H,41,45)/t22-,32-,34?/m0/s1. The summed E-state index contributed by atoms with van der Waals surface area (Å²) in [5.41, 5.74) is 8.40. The van der Waals surface area contributed by atoms with Crippen LogP contribution in [0.4, 0.5) is 20.3 Å². The Labute approximate surface area is 264 Å². The number of nitrogens with two attached hydrogens (primary N) is 1. The molecule has 0 aliphatic carbocycles. The molecule has 1 aromatic heterocycles. The highest BCUT2D eigenvalue weighted by molar-refractivity contribution is 6.00. The van der Waals surface area contributed by atoms with Gasteiger partial charge in [-0.1, -0.05) is 66.7 Å². The molecule has 5 rings (SSSR count). The first kappa shape index (κ1) is 31.8. The minimum Gasteiger partial charge on any atom is -0.491 e. The third-order valence-electron chi connectivity index (χ3n) is 7.43. The number of aromatic nitrogens is 1. The minimum atomic E-state index is -1.49. The summed E-state index contributed by atoms with van der Waals surface area (Å²) in [6.07, 6.45) is 0.0513. The summed E-state index contributed by atoms with van der Waals surface area (Å²) in [4.78, 5) is 30.6. The number of rotatable bonds is 12. The smallest absolute Gasteiger partial charge is 0.255 e. The van der Waals surface area contributed by atoms with Gasteiger partial charge < -0.3 is 26.2 Å². The molecule has 46 heavy (non-hydrogen) atoms. The van der Waals surface area contributed by atoms with Crippen molar-refractivity contribution in [1.29, 1.82) is 0 Å². The van der Waals surface area contributed by atoms with Crippen LogP contribution in [0.2, 0.25) is 0 Å². The Balaban J connectivity index is 1.34. The number of nitrogens with zero attached hydrogens (tertiary/aromatic N) is 1. The number of benzene rings is 4. The van der Waals surface area contributed by atoms with Crippen LogP contribution >= 0.6 is 0 Å². The number of nitrogens with one attached hydrogen (secondary N) is 2. The molecule has 4 aromatic carbocycles.